The summed E-state index contributed by atoms with van der Waals surface area (Å²) in [5.41, 5.74) is 5.68. The first-order valence-corrected chi connectivity index (χ1v) is 6.47. The Kier molecular flexibility index (Phi) is 3.45. The molecular weight excluding hydrogens is 244 g/mol. The van der Waals surface area contributed by atoms with E-state index in [0.29, 0.717) is 17.9 Å². The van der Waals surface area contributed by atoms with Crippen molar-refractivity contribution in [2.45, 2.75) is 45.4 Å². The molecule has 0 saturated heterocycles. The summed E-state index contributed by atoms with van der Waals surface area (Å²) >= 11 is 0. The van der Waals surface area contributed by atoms with Gasteiger partial charge in [-0.3, -0.25) is 4.79 Å². The van der Waals surface area contributed by atoms with E-state index in [0.717, 1.165) is 6.42 Å². The van der Waals surface area contributed by atoms with Crippen LogP contribution >= 0.6 is 0 Å². The van der Waals surface area contributed by atoms with E-state index in [1.165, 1.54) is 6.26 Å². The normalized spacial score (nSPS) is 28.8. The third kappa shape index (κ3) is 2.17. The van der Waals surface area contributed by atoms with Gasteiger partial charge in [-0.1, -0.05) is 13.8 Å². The van der Waals surface area contributed by atoms with E-state index in [-0.39, 0.29) is 23.0 Å². The fraction of sp³-hybridized carbons (Fsp3) is 0.643. The van der Waals surface area contributed by atoms with E-state index in [2.05, 4.69) is 26.1 Å². The summed E-state index contributed by atoms with van der Waals surface area (Å²) in [7, 11) is 1.71. The van der Waals surface area contributed by atoms with E-state index >= 15 is 0 Å². The molecule has 1 aromatic heterocycles. The Morgan fingerprint density at radius 2 is 2.26 bits per heavy atom. The molecule has 19 heavy (non-hydrogen) atoms. The van der Waals surface area contributed by atoms with Gasteiger partial charge in [-0.25, -0.2) is 0 Å². The van der Waals surface area contributed by atoms with Crippen molar-refractivity contribution in [1.82, 2.24) is 5.32 Å². The van der Waals surface area contributed by atoms with Gasteiger partial charge in [-0.05, 0) is 19.4 Å². The number of carbonyl (C=O) groups is 1. The van der Waals surface area contributed by atoms with Crippen LogP contribution in [0.5, 0.6) is 0 Å². The van der Waals surface area contributed by atoms with Gasteiger partial charge in [0.15, 0.2) is 0 Å². The van der Waals surface area contributed by atoms with E-state index in [9.17, 15) is 4.79 Å². The molecule has 3 N–H and O–H groups in total. The Morgan fingerprint density at radius 3 is 2.74 bits per heavy atom. The highest BCUT2D eigenvalue weighted by atomic mass is 16.5. The van der Waals surface area contributed by atoms with Crippen molar-refractivity contribution in [3.8, 4) is 0 Å². The van der Waals surface area contributed by atoms with Crippen molar-refractivity contribution >= 4 is 5.91 Å². The minimum absolute atomic E-state index is 0.0983. The molecule has 0 bridgehead atoms. The molecule has 106 valence electrons. The van der Waals surface area contributed by atoms with Crippen LogP contribution in [0.4, 0.5) is 0 Å². The molecule has 0 radical (unpaired) electrons. The van der Waals surface area contributed by atoms with Crippen LogP contribution in [0.1, 0.15) is 43.3 Å². The summed E-state index contributed by atoms with van der Waals surface area (Å²) in [6.07, 6.45) is 2.25. The molecule has 0 aromatic carbocycles. The van der Waals surface area contributed by atoms with Crippen molar-refractivity contribution in [3.63, 3.8) is 0 Å². The quantitative estimate of drug-likeness (QED) is 0.869. The molecule has 1 heterocycles. The molecule has 0 spiro atoms. The molecule has 2 rings (SSSR count). The first kappa shape index (κ1) is 14.1. The summed E-state index contributed by atoms with van der Waals surface area (Å²) in [4.78, 5) is 12.1. The zero-order chi connectivity index (χ0) is 14.3. The lowest BCUT2D eigenvalue weighted by molar-refractivity contribution is -0.177. The number of carbonyl (C=O) groups excluding carboxylic acids is 1. The van der Waals surface area contributed by atoms with Gasteiger partial charge >= 0.3 is 0 Å². The Hall–Kier alpha value is -1.33. The number of hydrogen-bond donors (Lipinski definition) is 2. The number of amides is 1. The second-order valence-corrected chi connectivity index (χ2v) is 5.89. The first-order valence-electron chi connectivity index (χ1n) is 6.47. The third-order valence-corrected chi connectivity index (χ3v) is 4.70. The molecule has 1 saturated carbocycles. The molecule has 1 amide bonds. The molecule has 1 aliphatic carbocycles. The van der Waals surface area contributed by atoms with E-state index < -0.39 is 0 Å². The summed E-state index contributed by atoms with van der Waals surface area (Å²) in [6, 6.07) is 1.78. The average molecular weight is 266 g/mol. The van der Waals surface area contributed by atoms with E-state index in [1.54, 1.807) is 13.2 Å². The standard InChI is InChI=1S/C14H22N2O3/c1-13(2)11(6-14(13,3)18-4)16-12(17)9-5-10(7-15)19-8-9/h5,8,11H,6-7,15H2,1-4H3,(H,16,17). The SMILES string of the molecule is COC1(C)CC(NC(=O)c2coc(CN)c2)C1(C)C. The molecule has 1 aliphatic rings. The molecule has 1 aromatic rings. The van der Waals surface area contributed by atoms with Crippen LogP contribution in [0.25, 0.3) is 0 Å². The number of ether oxygens (including phenoxy) is 1. The minimum atomic E-state index is -0.191. The second-order valence-electron chi connectivity index (χ2n) is 5.89. The second kappa shape index (κ2) is 4.65. The van der Waals surface area contributed by atoms with Crippen molar-refractivity contribution in [2.24, 2.45) is 11.1 Å². The molecule has 1 fully saturated rings. The van der Waals surface area contributed by atoms with Gasteiger partial charge in [0.25, 0.3) is 5.91 Å². The van der Waals surface area contributed by atoms with Crippen LogP contribution < -0.4 is 11.1 Å². The topological polar surface area (TPSA) is 77.5 Å². The highest BCUT2D eigenvalue weighted by molar-refractivity contribution is 5.94. The van der Waals surface area contributed by atoms with Crippen LogP contribution in [-0.2, 0) is 11.3 Å². The number of furan rings is 1. The highest BCUT2D eigenvalue weighted by Crippen LogP contribution is 2.51. The Bertz CT molecular complexity index is 481. The van der Waals surface area contributed by atoms with Gasteiger partial charge in [-0.15, -0.1) is 0 Å². The molecule has 5 nitrogen and oxygen atoms in total. The smallest absolute Gasteiger partial charge is 0.254 e. The van der Waals surface area contributed by atoms with Gasteiger partial charge in [0.1, 0.15) is 12.0 Å². The molecule has 2 unspecified atom stereocenters. The van der Waals surface area contributed by atoms with Crippen molar-refractivity contribution in [2.75, 3.05) is 7.11 Å². The van der Waals surface area contributed by atoms with Crippen molar-refractivity contribution in [3.05, 3.63) is 23.7 Å². The predicted octanol–water partition coefficient (Wildman–Crippen LogP) is 1.67. The van der Waals surface area contributed by atoms with Gasteiger partial charge in [0.2, 0.25) is 0 Å². The van der Waals surface area contributed by atoms with Gasteiger partial charge in [0, 0.05) is 18.6 Å². The van der Waals surface area contributed by atoms with Crippen molar-refractivity contribution < 1.29 is 13.9 Å². The Labute approximate surface area is 113 Å². The molecular formula is C14H22N2O3. The monoisotopic (exact) mass is 266 g/mol. The summed E-state index contributed by atoms with van der Waals surface area (Å²) in [5, 5.41) is 3.03. The molecule has 5 heteroatoms. The number of nitrogens with one attached hydrogen (secondary N) is 1. The first-order chi connectivity index (χ1) is 8.84. The predicted molar refractivity (Wildman–Crippen MR) is 71.7 cm³/mol. The van der Waals surface area contributed by atoms with Crippen LogP contribution in [0.2, 0.25) is 0 Å². The van der Waals surface area contributed by atoms with Crippen LogP contribution in [0.15, 0.2) is 16.7 Å². The lowest BCUT2D eigenvalue weighted by Crippen LogP contribution is -2.68. The van der Waals surface area contributed by atoms with Crippen LogP contribution in [0, 0.1) is 5.41 Å². The van der Waals surface area contributed by atoms with E-state index in [1.807, 2.05) is 0 Å². The lowest BCUT2D eigenvalue weighted by atomic mass is 9.56. The fourth-order valence-corrected chi connectivity index (χ4v) is 2.57. The Morgan fingerprint density at radius 1 is 1.58 bits per heavy atom. The lowest BCUT2D eigenvalue weighted by Gasteiger charge is -2.59. The third-order valence-electron chi connectivity index (χ3n) is 4.70. The van der Waals surface area contributed by atoms with Gasteiger partial charge in [0.05, 0.1) is 17.7 Å². The van der Waals surface area contributed by atoms with Gasteiger partial charge in [-0.2, -0.15) is 0 Å². The Balaban J connectivity index is 2.01. The van der Waals surface area contributed by atoms with E-state index in [4.69, 9.17) is 14.9 Å². The van der Waals surface area contributed by atoms with Crippen molar-refractivity contribution in [1.29, 1.82) is 0 Å². The zero-order valence-corrected chi connectivity index (χ0v) is 11.9. The zero-order valence-electron chi connectivity index (χ0n) is 11.9. The number of nitrogens with two attached hydrogens (primary N) is 1. The largest absolute Gasteiger partial charge is 0.467 e. The molecule has 2 atom stereocenters. The summed E-state index contributed by atoms with van der Waals surface area (Å²) < 4.78 is 10.7. The molecule has 0 aliphatic heterocycles. The summed E-state index contributed by atoms with van der Waals surface area (Å²) in [6.45, 7) is 6.57. The average Bonchev–Trinajstić information content (AvgIpc) is 2.86. The maximum absolute atomic E-state index is 12.1. The number of rotatable bonds is 4. The number of methoxy groups -OCH3 is 1. The van der Waals surface area contributed by atoms with Gasteiger partial charge < -0.3 is 20.2 Å². The summed E-state index contributed by atoms with van der Waals surface area (Å²) in [5.74, 6) is 0.486. The van der Waals surface area contributed by atoms with Crippen LogP contribution in [-0.4, -0.2) is 24.7 Å². The minimum Gasteiger partial charge on any atom is -0.467 e. The maximum Gasteiger partial charge on any atom is 0.254 e. The number of hydrogen-bond acceptors (Lipinski definition) is 4. The fourth-order valence-electron chi connectivity index (χ4n) is 2.57. The van der Waals surface area contributed by atoms with Crippen LogP contribution in [0.3, 0.4) is 0 Å². The highest BCUT2D eigenvalue weighted by Gasteiger charge is 2.58. The maximum atomic E-state index is 12.1.